The number of aromatic nitrogens is 2. The Hall–Kier alpha value is -1.47. The van der Waals surface area contributed by atoms with Crippen molar-refractivity contribution in [2.24, 2.45) is 5.73 Å². The fraction of sp³-hybridized carbons (Fsp3) is 0.308. The molecule has 0 amide bonds. The van der Waals surface area contributed by atoms with Gasteiger partial charge in [0.05, 0.1) is 17.8 Å². The highest BCUT2D eigenvalue weighted by molar-refractivity contribution is 9.10. The number of nitrogens with two attached hydrogens (primary N) is 1. The lowest BCUT2D eigenvalue weighted by Crippen LogP contribution is -2.25. The summed E-state index contributed by atoms with van der Waals surface area (Å²) >= 11 is 5.12. The summed E-state index contributed by atoms with van der Waals surface area (Å²) in [6, 6.07) is 2.07. The number of nitrogen functional groups attached to an aromatic ring is 1. The van der Waals surface area contributed by atoms with E-state index in [2.05, 4.69) is 32.2 Å². The number of rotatable bonds is 4. The van der Waals surface area contributed by atoms with Crippen LogP contribution in [0.5, 0.6) is 0 Å². The molecule has 7 heteroatoms. The number of nitrogens with zero attached hydrogens (tertiary/aromatic N) is 3. The standard InChI is InChI=1S/C13H16BrN5S/c1-7-8(2)17-18-13(11(7)12(15)16)19(3)5-10-4-9(14)6-20-10/h4,6H,5H2,1-3H3,(H3,15,16). The van der Waals surface area contributed by atoms with E-state index in [0.29, 0.717) is 17.9 Å². The maximum Gasteiger partial charge on any atom is 0.162 e. The second kappa shape index (κ2) is 5.88. The van der Waals surface area contributed by atoms with E-state index in [-0.39, 0.29) is 5.84 Å². The number of hydrogen-bond acceptors (Lipinski definition) is 5. The van der Waals surface area contributed by atoms with E-state index in [4.69, 9.17) is 11.1 Å². The van der Waals surface area contributed by atoms with Gasteiger partial charge in [-0.05, 0) is 41.4 Å². The Kier molecular flexibility index (Phi) is 4.39. The van der Waals surface area contributed by atoms with Gasteiger partial charge in [-0.1, -0.05) is 0 Å². The largest absolute Gasteiger partial charge is 0.384 e. The second-order valence-corrected chi connectivity index (χ2v) is 6.52. The average Bonchev–Trinajstić information content (AvgIpc) is 2.77. The first-order valence-electron chi connectivity index (χ1n) is 6.02. The van der Waals surface area contributed by atoms with Crippen molar-refractivity contribution < 1.29 is 0 Å². The molecule has 2 heterocycles. The first-order valence-corrected chi connectivity index (χ1v) is 7.69. The van der Waals surface area contributed by atoms with Crippen LogP contribution in [0.2, 0.25) is 0 Å². The van der Waals surface area contributed by atoms with Crippen molar-refractivity contribution in [2.45, 2.75) is 20.4 Å². The molecule has 2 aromatic heterocycles. The number of anilines is 1. The van der Waals surface area contributed by atoms with Gasteiger partial charge in [0.15, 0.2) is 5.82 Å². The maximum atomic E-state index is 7.77. The van der Waals surface area contributed by atoms with Crippen LogP contribution in [0, 0.1) is 19.3 Å². The Labute approximate surface area is 130 Å². The summed E-state index contributed by atoms with van der Waals surface area (Å²) in [7, 11) is 1.93. The first kappa shape index (κ1) is 14.9. The van der Waals surface area contributed by atoms with E-state index in [0.717, 1.165) is 15.7 Å². The smallest absolute Gasteiger partial charge is 0.162 e. The summed E-state index contributed by atoms with van der Waals surface area (Å²) in [5.74, 6) is 0.667. The van der Waals surface area contributed by atoms with Crippen LogP contribution in [-0.2, 0) is 6.54 Å². The van der Waals surface area contributed by atoms with Gasteiger partial charge in [0.25, 0.3) is 0 Å². The minimum absolute atomic E-state index is 0.0229. The summed E-state index contributed by atoms with van der Waals surface area (Å²) in [4.78, 5) is 3.17. The van der Waals surface area contributed by atoms with Gasteiger partial charge in [-0.2, -0.15) is 5.10 Å². The van der Waals surface area contributed by atoms with Crippen molar-refractivity contribution in [3.63, 3.8) is 0 Å². The van der Waals surface area contributed by atoms with Gasteiger partial charge in [-0.3, -0.25) is 5.41 Å². The van der Waals surface area contributed by atoms with Crippen LogP contribution in [0.15, 0.2) is 15.9 Å². The highest BCUT2D eigenvalue weighted by Crippen LogP contribution is 2.25. The van der Waals surface area contributed by atoms with E-state index >= 15 is 0 Å². The molecule has 0 radical (unpaired) electrons. The van der Waals surface area contributed by atoms with Crippen LogP contribution in [0.4, 0.5) is 5.82 Å². The Bertz CT molecular complexity index is 652. The monoisotopic (exact) mass is 353 g/mol. The fourth-order valence-corrected chi connectivity index (χ4v) is 3.43. The lowest BCUT2D eigenvalue weighted by Gasteiger charge is -2.21. The molecule has 5 nitrogen and oxygen atoms in total. The van der Waals surface area contributed by atoms with Gasteiger partial charge in [-0.15, -0.1) is 16.4 Å². The predicted octanol–water partition coefficient (Wildman–Crippen LogP) is 2.84. The predicted molar refractivity (Wildman–Crippen MR) is 86.6 cm³/mol. The van der Waals surface area contributed by atoms with Gasteiger partial charge in [0.2, 0.25) is 0 Å². The zero-order valence-corrected chi connectivity index (χ0v) is 14.0. The van der Waals surface area contributed by atoms with Gasteiger partial charge in [0, 0.05) is 21.8 Å². The lowest BCUT2D eigenvalue weighted by atomic mass is 10.1. The molecular weight excluding hydrogens is 338 g/mol. The van der Waals surface area contributed by atoms with Crippen molar-refractivity contribution in [3.05, 3.63) is 37.6 Å². The first-order chi connectivity index (χ1) is 9.40. The molecule has 0 aliphatic rings. The van der Waals surface area contributed by atoms with Crippen molar-refractivity contribution >= 4 is 38.9 Å². The third-order valence-electron chi connectivity index (χ3n) is 3.08. The molecule has 0 fully saturated rings. The SMILES string of the molecule is Cc1nnc(N(C)Cc2cc(Br)cs2)c(C(=N)N)c1C. The molecule has 20 heavy (non-hydrogen) atoms. The van der Waals surface area contributed by atoms with E-state index in [1.807, 2.05) is 31.2 Å². The molecule has 0 saturated heterocycles. The highest BCUT2D eigenvalue weighted by Gasteiger charge is 2.17. The summed E-state index contributed by atoms with van der Waals surface area (Å²) < 4.78 is 1.07. The Morgan fingerprint density at radius 2 is 2.15 bits per heavy atom. The normalized spacial score (nSPS) is 10.6. The number of nitrogens with one attached hydrogen (secondary N) is 1. The fourth-order valence-electron chi connectivity index (χ4n) is 1.93. The summed E-state index contributed by atoms with van der Waals surface area (Å²) in [6.07, 6.45) is 0. The summed E-state index contributed by atoms with van der Waals surface area (Å²) in [5.41, 5.74) is 8.07. The maximum absolute atomic E-state index is 7.77. The third-order valence-corrected chi connectivity index (χ3v) is 4.76. The van der Waals surface area contributed by atoms with Gasteiger partial charge < -0.3 is 10.6 Å². The molecule has 2 aromatic rings. The minimum Gasteiger partial charge on any atom is -0.384 e. The molecular formula is C13H16BrN5S. The molecule has 106 valence electrons. The molecule has 0 unspecified atom stereocenters. The Morgan fingerprint density at radius 1 is 1.45 bits per heavy atom. The second-order valence-electron chi connectivity index (χ2n) is 4.61. The van der Waals surface area contributed by atoms with Gasteiger partial charge in [0.1, 0.15) is 5.84 Å². The molecule has 0 saturated carbocycles. The Balaban J connectivity index is 2.36. The van der Waals surface area contributed by atoms with Crippen molar-refractivity contribution in [1.82, 2.24) is 10.2 Å². The van der Waals surface area contributed by atoms with Crippen LogP contribution in [0.25, 0.3) is 0 Å². The summed E-state index contributed by atoms with van der Waals surface area (Å²) in [5, 5.41) is 18.2. The quantitative estimate of drug-likeness (QED) is 0.654. The number of amidine groups is 1. The number of aryl methyl sites for hydroxylation is 1. The topological polar surface area (TPSA) is 78.9 Å². The third kappa shape index (κ3) is 2.99. The van der Waals surface area contributed by atoms with Crippen LogP contribution in [-0.4, -0.2) is 23.1 Å². The molecule has 0 aromatic carbocycles. The highest BCUT2D eigenvalue weighted by atomic mass is 79.9. The van der Waals surface area contributed by atoms with Crippen molar-refractivity contribution in [2.75, 3.05) is 11.9 Å². The van der Waals surface area contributed by atoms with Gasteiger partial charge in [-0.25, -0.2) is 0 Å². The molecule has 0 atom stereocenters. The van der Waals surface area contributed by atoms with Crippen LogP contribution in [0.3, 0.4) is 0 Å². The minimum atomic E-state index is 0.0229. The van der Waals surface area contributed by atoms with E-state index < -0.39 is 0 Å². The zero-order chi connectivity index (χ0) is 14.9. The van der Waals surface area contributed by atoms with Gasteiger partial charge >= 0.3 is 0 Å². The van der Waals surface area contributed by atoms with Crippen LogP contribution in [0.1, 0.15) is 21.7 Å². The van der Waals surface area contributed by atoms with E-state index in [1.54, 1.807) is 11.3 Å². The molecule has 0 spiro atoms. The van der Waals surface area contributed by atoms with E-state index in [1.165, 1.54) is 4.88 Å². The summed E-state index contributed by atoms with van der Waals surface area (Å²) in [6.45, 7) is 4.49. The van der Waals surface area contributed by atoms with Crippen molar-refractivity contribution in [3.8, 4) is 0 Å². The molecule has 0 aliphatic carbocycles. The lowest BCUT2D eigenvalue weighted by molar-refractivity contribution is 0.854. The molecule has 0 aliphatic heterocycles. The number of thiophene rings is 1. The average molecular weight is 354 g/mol. The van der Waals surface area contributed by atoms with E-state index in [9.17, 15) is 0 Å². The Morgan fingerprint density at radius 3 is 2.70 bits per heavy atom. The van der Waals surface area contributed by atoms with Crippen LogP contribution < -0.4 is 10.6 Å². The van der Waals surface area contributed by atoms with Crippen LogP contribution >= 0.6 is 27.3 Å². The zero-order valence-electron chi connectivity index (χ0n) is 11.6. The molecule has 2 rings (SSSR count). The number of hydrogen-bond donors (Lipinski definition) is 2. The molecule has 3 N–H and O–H groups in total. The molecule has 0 bridgehead atoms. The number of halogens is 1. The van der Waals surface area contributed by atoms with Crippen molar-refractivity contribution in [1.29, 1.82) is 5.41 Å².